The summed E-state index contributed by atoms with van der Waals surface area (Å²) in [5, 5.41) is 0. The number of benzene rings is 1. The molecule has 4 heteroatoms. The van der Waals surface area contributed by atoms with Crippen molar-refractivity contribution >= 4 is 58.6 Å². The Morgan fingerprint density at radius 1 is 1.29 bits per heavy atom. The molecule has 0 radical (unpaired) electrons. The fraction of sp³-hybridized carbons (Fsp3) is 0.538. The van der Waals surface area contributed by atoms with Gasteiger partial charge in [0, 0.05) is 0 Å². The minimum atomic E-state index is -0.585. The van der Waals surface area contributed by atoms with Crippen molar-refractivity contribution in [3.05, 3.63) is 30.3 Å². The van der Waals surface area contributed by atoms with Crippen LogP contribution in [0.3, 0.4) is 0 Å². The molecule has 1 aliphatic rings. The number of halogens is 3. The van der Waals surface area contributed by atoms with E-state index in [-0.39, 0.29) is 18.2 Å². The van der Waals surface area contributed by atoms with Crippen LogP contribution in [0.2, 0.25) is 0 Å². The quantitative estimate of drug-likeness (QED) is 0.515. The Labute approximate surface area is 128 Å². The van der Waals surface area contributed by atoms with Crippen molar-refractivity contribution < 1.29 is 0 Å². The maximum atomic E-state index is 6.43. The molecule has 0 aliphatic heterocycles. The fourth-order valence-electron chi connectivity index (χ4n) is 1.99. The molecule has 1 fully saturated rings. The minimum absolute atomic E-state index is 0.0768. The third kappa shape index (κ3) is 2.72. The van der Waals surface area contributed by atoms with Gasteiger partial charge >= 0.3 is 129 Å². The zero-order valence-corrected chi connectivity index (χ0v) is 14.4. The summed E-state index contributed by atoms with van der Waals surface area (Å²) in [5.74, 6) is 0.387. The first-order valence-electron chi connectivity index (χ1n) is 5.83. The average molecular weight is 401 g/mol. The van der Waals surface area contributed by atoms with Gasteiger partial charge in [-0.3, -0.25) is 0 Å². The molecule has 0 heterocycles. The van der Waals surface area contributed by atoms with Crippen molar-refractivity contribution in [3.63, 3.8) is 0 Å². The van der Waals surface area contributed by atoms with E-state index in [2.05, 4.69) is 47.1 Å². The summed E-state index contributed by atoms with van der Waals surface area (Å²) in [6, 6.07) is 10.5. The van der Waals surface area contributed by atoms with Crippen LogP contribution >= 0.6 is 39.1 Å². The second-order valence-electron chi connectivity index (χ2n) is 4.38. The molecule has 0 amide bonds. The Morgan fingerprint density at radius 2 is 1.94 bits per heavy atom. The fourth-order valence-corrected chi connectivity index (χ4v) is 8.06. The number of hydrogen-bond acceptors (Lipinski definition) is 0. The van der Waals surface area contributed by atoms with Crippen molar-refractivity contribution in [3.8, 4) is 0 Å². The summed E-state index contributed by atoms with van der Waals surface area (Å²) >= 11 is 17.0. The van der Waals surface area contributed by atoms with Gasteiger partial charge in [-0.15, -0.1) is 0 Å². The van der Waals surface area contributed by atoms with E-state index in [1.807, 2.05) is 6.07 Å². The summed E-state index contributed by atoms with van der Waals surface area (Å²) in [5.41, 5.74) is 0. The molecular formula is C13H15BrCl2Se. The van der Waals surface area contributed by atoms with Crippen LogP contribution in [0.5, 0.6) is 0 Å². The topological polar surface area (TPSA) is 0 Å². The van der Waals surface area contributed by atoms with Gasteiger partial charge in [0.15, 0.2) is 0 Å². The molecule has 2 unspecified atom stereocenters. The molecule has 1 aromatic carbocycles. The molecule has 1 aromatic rings. The molecule has 2 atom stereocenters. The van der Waals surface area contributed by atoms with Gasteiger partial charge in [-0.25, -0.2) is 0 Å². The molecule has 0 nitrogen and oxygen atoms in total. The van der Waals surface area contributed by atoms with Gasteiger partial charge in [0.2, 0.25) is 0 Å². The standard InChI is InChI=1S/C13H15BrCl2Se/c1-2-3-9-11-12(14,13(11,15)16)17-10-7-5-4-6-8-10/h4-8,11H,2-3,9H2,1H3. The molecule has 1 saturated carbocycles. The summed E-state index contributed by atoms with van der Waals surface area (Å²) in [7, 11) is 0. The van der Waals surface area contributed by atoms with Gasteiger partial charge in [0.1, 0.15) is 0 Å². The molecule has 1 aliphatic carbocycles. The van der Waals surface area contributed by atoms with Crippen LogP contribution < -0.4 is 4.46 Å². The van der Waals surface area contributed by atoms with Crippen LogP contribution in [0.1, 0.15) is 26.2 Å². The van der Waals surface area contributed by atoms with E-state index in [0.29, 0.717) is 5.92 Å². The summed E-state index contributed by atoms with van der Waals surface area (Å²) in [6.45, 7) is 2.20. The zero-order chi connectivity index (χ0) is 12.5. The molecule has 0 N–H and O–H groups in total. The summed E-state index contributed by atoms with van der Waals surface area (Å²) < 4.78 is 0.687. The van der Waals surface area contributed by atoms with E-state index in [1.165, 1.54) is 17.3 Å². The van der Waals surface area contributed by atoms with Crippen LogP contribution in [-0.4, -0.2) is 22.5 Å². The van der Waals surface area contributed by atoms with Gasteiger partial charge < -0.3 is 0 Å². The first kappa shape index (κ1) is 14.2. The van der Waals surface area contributed by atoms with E-state index in [4.69, 9.17) is 23.2 Å². The van der Waals surface area contributed by atoms with E-state index in [1.54, 1.807) is 0 Å². The predicted octanol–water partition coefficient (Wildman–Crippen LogP) is 4.10. The van der Waals surface area contributed by atoms with Crippen molar-refractivity contribution in [1.29, 1.82) is 0 Å². The first-order valence-corrected chi connectivity index (χ1v) is 9.09. The molecule has 94 valence electrons. The zero-order valence-electron chi connectivity index (χ0n) is 9.63. The number of alkyl halides is 3. The van der Waals surface area contributed by atoms with Crippen LogP contribution in [0.4, 0.5) is 0 Å². The molecular weight excluding hydrogens is 386 g/mol. The Hall–Kier alpha value is 0.799. The summed E-state index contributed by atoms with van der Waals surface area (Å²) in [4.78, 5) is 0. The molecule has 0 saturated heterocycles. The van der Waals surface area contributed by atoms with E-state index < -0.39 is 4.33 Å². The van der Waals surface area contributed by atoms with Gasteiger partial charge in [-0.05, 0) is 0 Å². The number of unbranched alkanes of at least 4 members (excludes halogenated alkanes) is 1. The molecule has 0 bridgehead atoms. The Bertz CT molecular complexity index is 382. The van der Waals surface area contributed by atoms with E-state index >= 15 is 0 Å². The first-order chi connectivity index (χ1) is 8.02. The normalized spacial score (nSPS) is 30.2. The van der Waals surface area contributed by atoms with Crippen molar-refractivity contribution in [1.82, 2.24) is 0 Å². The Kier molecular flexibility index (Phi) is 4.54. The van der Waals surface area contributed by atoms with Gasteiger partial charge in [-0.2, -0.15) is 0 Å². The third-order valence-electron chi connectivity index (χ3n) is 3.11. The second-order valence-corrected chi connectivity index (χ2v) is 11.0. The van der Waals surface area contributed by atoms with Gasteiger partial charge in [0.05, 0.1) is 0 Å². The average Bonchev–Trinajstić information content (AvgIpc) is 2.70. The van der Waals surface area contributed by atoms with E-state index in [9.17, 15) is 0 Å². The SMILES string of the molecule is CCCCC1C(Cl)(Cl)C1(Br)[Se]c1ccccc1. The summed E-state index contributed by atoms with van der Waals surface area (Å²) in [6.07, 6.45) is 3.51. The van der Waals surface area contributed by atoms with Gasteiger partial charge in [-0.1, -0.05) is 0 Å². The predicted molar refractivity (Wildman–Crippen MR) is 80.9 cm³/mol. The van der Waals surface area contributed by atoms with E-state index in [0.717, 1.165) is 6.42 Å². The monoisotopic (exact) mass is 400 g/mol. The van der Waals surface area contributed by atoms with Gasteiger partial charge in [0.25, 0.3) is 0 Å². The molecule has 17 heavy (non-hydrogen) atoms. The Morgan fingerprint density at radius 3 is 2.53 bits per heavy atom. The maximum absolute atomic E-state index is 6.43. The Balaban J connectivity index is 2.05. The molecule has 2 rings (SSSR count). The third-order valence-corrected chi connectivity index (χ3v) is 10.2. The van der Waals surface area contributed by atoms with Crippen molar-refractivity contribution in [2.45, 2.75) is 33.7 Å². The van der Waals surface area contributed by atoms with Crippen molar-refractivity contribution in [2.75, 3.05) is 0 Å². The molecule has 0 spiro atoms. The number of hydrogen-bond donors (Lipinski definition) is 0. The van der Waals surface area contributed by atoms with Crippen LogP contribution in [-0.2, 0) is 0 Å². The van der Waals surface area contributed by atoms with Crippen molar-refractivity contribution in [2.24, 2.45) is 5.92 Å². The second kappa shape index (κ2) is 5.43. The van der Waals surface area contributed by atoms with Crippen LogP contribution in [0, 0.1) is 5.92 Å². The van der Waals surface area contributed by atoms with Crippen LogP contribution in [0.25, 0.3) is 0 Å². The molecule has 0 aromatic heterocycles. The number of rotatable bonds is 5. The van der Waals surface area contributed by atoms with Crippen LogP contribution in [0.15, 0.2) is 30.3 Å².